The lowest BCUT2D eigenvalue weighted by atomic mass is 10.0. The van der Waals surface area contributed by atoms with Crippen molar-refractivity contribution in [3.05, 3.63) is 54.1 Å². The Hall–Kier alpha value is -3.55. The van der Waals surface area contributed by atoms with E-state index >= 15 is 0 Å². The molecule has 0 saturated heterocycles. The summed E-state index contributed by atoms with van der Waals surface area (Å²) in [6.45, 7) is -1.57. The van der Waals surface area contributed by atoms with Gasteiger partial charge < -0.3 is 15.2 Å². The first-order chi connectivity index (χ1) is 12.8. The van der Waals surface area contributed by atoms with Crippen LogP contribution in [0.2, 0.25) is 0 Å². The maximum atomic E-state index is 12.3. The quantitative estimate of drug-likeness (QED) is 0.702. The van der Waals surface area contributed by atoms with Gasteiger partial charge in [-0.15, -0.1) is 0 Å². The molecule has 0 bridgehead atoms. The zero-order chi connectivity index (χ0) is 19.6. The molecular formula is C19H14F2N2O4. The number of aromatic carboxylic acids is 1. The number of carboxylic acids is 1. The summed E-state index contributed by atoms with van der Waals surface area (Å²) in [5.74, 6) is -1.41. The van der Waals surface area contributed by atoms with E-state index in [1.54, 1.807) is 18.2 Å². The van der Waals surface area contributed by atoms with Gasteiger partial charge in [-0.25, -0.2) is 9.78 Å². The van der Waals surface area contributed by atoms with Crippen LogP contribution in [0.3, 0.4) is 0 Å². The third-order valence-electron chi connectivity index (χ3n) is 3.74. The Bertz CT molecular complexity index is 1020. The summed E-state index contributed by atoms with van der Waals surface area (Å²) in [6, 6.07) is 11.9. The predicted molar refractivity (Wildman–Crippen MR) is 95.1 cm³/mol. The molecule has 1 heterocycles. The van der Waals surface area contributed by atoms with E-state index in [0.717, 1.165) is 0 Å². The number of alkyl halides is 2. The van der Waals surface area contributed by atoms with Crippen LogP contribution in [0.25, 0.3) is 22.2 Å². The summed E-state index contributed by atoms with van der Waals surface area (Å²) >= 11 is 0. The van der Waals surface area contributed by atoms with Gasteiger partial charge in [0.2, 0.25) is 5.91 Å². The number of hydrogen-bond acceptors (Lipinski definition) is 4. The first-order valence-electron chi connectivity index (χ1n) is 7.84. The van der Waals surface area contributed by atoms with E-state index in [1.807, 2.05) is 0 Å². The lowest BCUT2D eigenvalue weighted by molar-refractivity contribution is -0.114. The number of benzene rings is 2. The number of anilines is 1. The molecule has 0 saturated carbocycles. The number of carbonyl (C=O) groups is 2. The van der Waals surface area contributed by atoms with Crippen LogP contribution in [0.1, 0.15) is 17.3 Å². The van der Waals surface area contributed by atoms with Crippen molar-refractivity contribution in [2.45, 2.75) is 13.5 Å². The Kier molecular flexibility index (Phi) is 4.98. The number of rotatable bonds is 5. The molecule has 2 aromatic carbocycles. The molecule has 6 nitrogen and oxygen atoms in total. The summed E-state index contributed by atoms with van der Waals surface area (Å²) < 4.78 is 28.8. The zero-order valence-corrected chi connectivity index (χ0v) is 14.1. The summed E-state index contributed by atoms with van der Waals surface area (Å²) in [5, 5.41) is 12.5. The van der Waals surface area contributed by atoms with Crippen molar-refractivity contribution in [1.29, 1.82) is 0 Å². The number of nitrogens with zero attached hydrogens (tertiary/aromatic N) is 1. The molecule has 27 heavy (non-hydrogen) atoms. The van der Waals surface area contributed by atoms with Crippen molar-refractivity contribution in [3.8, 4) is 17.0 Å². The van der Waals surface area contributed by atoms with Crippen LogP contribution in [-0.4, -0.2) is 28.6 Å². The third kappa shape index (κ3) is 4.17. The molecule has 3 rings (SSSR count). The largest absolute Gasteiger partial charge is 0.478 e. The van der Waals surface area contributed by atoms with Crippen molar-refractivity contribution in [2.75, 3.05) is 5.32 Å². The highest BCUT2D eigenvalue weighted by Gasteiger charge is 2.14. The van der Waals surface area contributed by atoms with Crippen LogP contribution in [0.15, 0.2) is 48.5 Å². The number of ether oxygens (including phenoxy) is 1. The fourth-order valence-electron chi connectivity index (χ4n) is 2.64. The average molecular weight is 372 g/mol. The van der Waals surface area contributed by atoms with E-state index in [1.165, 1.54) is 37.3 Å². The monoisotopic (exact) mass is 372 g/mol. The minimum absolute atomic E-state index is 0.0130. The second-order valence-electron chi connectivity index (χ2n) is 5.68. The molecule has 2 N–H and O–H groups in total. The van der Waals surface area contributed by atoms with E-state index in [-0.39, 0.29) is 17.2 Å². The van der Waals surface area contributed by atoms with Crippen LogP contribution in [0, 0.1) is 0 Å². The van der Waals surface area contributed by atoms with Gasteiger partial charge in [0.25, 0.3) is 0 Å². The van der Waals surface area contributed by atoms with Crippen LogP contribution in [-0.2, 0) is 4.79 Å². The third-order valence-corrected chi connectivity index (χ3v) is 3.74. The topological polar surface area (TPSA) is 88.5 Å². The molecule has 0 radical (unpaired) electrons. The molecule has 0 aliphatic rings. The molecule has 1 amide bonds. The lowest BCUT2D eigenvalue weighted by Gasteiger charge is -2.10. The number of carboxylic acid groups (broad SMARTS) is 1. The van der Waals surface area contributed by atoms with Crippen LogP contribution in [0.4, 0.5) is 14.5 Å². The van der Waals surface area contributed by atoms with Gasteiger partial charge in [-0.1, -0.05) is 0 Å². The highest BCUT2D eigenvalue weighted by molar-refractivity contribution is 6.05. The number of hydrogen-bond donors (Lipinski definition) is 2. The van der Waals surface area contributed by atoms with Crippen LogP contribution < -0.4 is 10.1 Å². The molecule has 0 atom stereocenters. The molecule has 0 aliphatic carbocycles. The molecule has 1 aromatic heterocycles. The SMILES string of the molecule is CC(=O)Nc1ccc2c(C(=O)O)cc(-c3ccc(OC(F)F)cc3)nc2c1. The summed E-state index contributed by atoms with van der Waals surface area (Å²) in [4.78, 5) is 27.3. The van der Waals surface area contributed by atoms with E-state index in [2.05, 4.69) is 15.0 Å². The molecule has 3 aromatic rings. The number of halogens is 2. The fourth-order valence-corrected chi connectivity index (χ4v) is 2.64. The molecule has 0 fully saturated rings. The molecule has 0 unspecified atom stereocenters. The summed E-state index contributed by atoms with van der Waals surface area (Å²) in [6.07, 6.45) is 0. The highest BCUT2D eigenvalue weighted by atomic mass is 19.3. The summed E-state index contributed by atoms with van der Waals surface area (Å²) in [7, 11) is 0. The Morgan fingerprint density at radius 2 is 1.81 bits per heavy atom. The minimum Gasteiger partial charge on any atom is -0.478 e. The maximum Gasteiger partial charge on any atom is 0.387 e. The zero-order valence-electron chi connectivity index (χ0n) is 14.1. The molecule has 0 aliphatic heterocycles. The Morgan fingerprint density at radius 3 is 2.41 bits per heavy atom. The molecule has 8 heteroatoms. The number of nitrogens with one attached hydrogen (secondary N) is 1. The standard InChI is InChI=1S/C19H14F2N2O4/c1-10(24)22-12-4-7-14-15(18(25)26)9-16(23-17(14)8-12)11-2-5-13(6-3-11)27-19(20)21/h2-9,19H,1H3,(H,22,24)(H,25,26). The summed E-state index contributed by atoms with van der Waals surface area (Å²) in [5.41, 5.74) is 1.78. The van der Waals surface area contributed by atoms with Gasteiger partial charge in [0.05, 0.1) is 16.8 Å². The molecule has 138 valence electrons. The number of carbonyl (C=O) groups excluding carboxylic acids is 1. The average Bonchev–Trinajstić information content (AvgIpc) is 2.60. The van der Waals surface area contributed by atoms with E-state index in [4.69, 9.17) is 0 Å². The first kappa shape index (κ1) is 18.2. The van der Waals surface area contributed by atoms with Gasteiger partial charge in [-0.3, -0.25) is 4.79 Å². The minimum atomic E-state index is -2.93. The second kappa shape index (κ2) is 7.36. The first-order valence-corrected chi connectivity index (χ1v) is 7.84. The van der Waals surface area contributed by atoms with E-state index < -0.39 is 12.6 Å². The van der Waals surface area contributed by atoms with Crippen molar-refractivity contribution in [1.82, 2.24) is 4.98 Å². The van der Waals surface area contributed by atoms with Gasteiger partial charge in [0, 0.05) is 23.6 Å². The van der Waals surface area contributed by atoms with E-state index in [9.17, 15) is 23.5 Å². The van der Waals surface area contributed by atoms with Gasteiger partial charge in [0.15, 0.2) is 0 Å². The fraction of sp³-hybridized carbons (Fsp3) is 0.105. The van der Waals surface area contributed by atoms with Gasteiger partial charge in [-0.05, 0) is 48.5 Å². The predicted octanol–water partition coefficient (Wildman–Crippen LogP) is 4.16. The molecular weight excluding hydrogens is 358 g/mol. The van der Waals surface area contributed by atoms with Crippen molar-refractivity contribution >= 4 is 28.5 Å². The number of aromatic nitrogens is 1. The van der Waals surface area contributed by atoms with Crippen molar-refractivity contribution in [3.63, 3.8) is 0 Å². The normalized spacial score (nSPS) is 10.8. The Balaban J connectivity index is 2.09. The number of fused-ring (bicyclic) bond motifs is 1. The van der Waals surface area contributed by atoms with Crippen LogP contribution in [0.5, 0.6) is 5.75 Å². The van der Waals surface area contributed by atoms with E-state index in [0.29, 0.717) is 27.8 Å². The van der Waals surface area contributed by atoms with Gasteiger partial charge in [-0.2, -0.15) is 8.78 Å². The van der Waals surface area contributed by atoms with Gasteiger partial charge >= 0.3 is 12.6 Å². The number of amides is 1. The Morgan fingerprint density at radius 1 is 1.11 bits per heavy atom. The van der Waals surface area contributed by atoms with Crippen molar-refractivity contribution in [2.24, 2.45) is 0 Å². The smallest absolute Gasteiger partial charge is 0.387 e. The maximum absolute atomic E-state index is 12.3. The highest BCUT2D eigenvalue weighted by Crippen LogP contribution is 2.28. The Labute approximate surface area is 152 Å². The van der Waals surface area contributed by atoms with Crippen molar-refractivity contribution < 1.29 is 28.2 Å². The number of pyridine rings is 1. The van der Waals surface area contributed by atoms with Gasteiger partial charge in [0.1, 0.15) is 5.75 Å². The van der Waals surface area contributed by atoms with Crippen LogP contribution >= 0.6 is 0 Å². The molecule has 0 spiro atoms. The second-order valence-corrected chi connectivity index (χ2v) is 5.68. The lowest BCUT2D eigenvalue weighted by Crippen LogP contribution is -2.06.